The van der Waals surface area contributed by atoms with E-state index in [1.165, 1.54) is 6.08 Å². The van der Waals surface area contributed by atoms with Crippen molar-refractivity contribution in [3.8, 4) is 0 Å². The average molecular weight is 246 g/mol. The molecule has 0 N–H and O–H groups in total. The molecular weight excluding hydrogens is 228 g/mol. The quantitative estimate of drug-likeness (QED) is 0.457. The van der Waals surface area contributed by atoms with Crippen LogP contribution in [0, 0.1) is 5.92 Å². The predicted octanol–water partition coefficient (Wildman–Crippen LogP) is 1.95. The smallest absolute Gasteiger partial charge is 0.347 e. The van der Waals surface area contributed by atoms with Gasteiger partial charge in [0, 0.05) is 5.92 Å². The second-order valence-corrected chi connectivity index (χ2v) is 3.98. The number of carbonyl (C=O) groups is 2. The molecule has 0 spiro atoms. The molecule has 0 saturated heterocycles. The molecule has 0 aliphatic carbocycles. The fourth-order valence-electron chi connectivity index (χ4n) is 0.974. The zero-order valence-electron chi connectivity index (χ0n) is 10.0. The average Bonchev–Trinajstić information content (AvgIpc) is 2.23. The van der Waals surface area contributed by atoms with E-state index in [1.807, 2.05) is 0 Å². The summed E-state index contributed by atoms with van der Waals surface area (Å²) in [5, 5.41) is 0. The maximum absolute atomic E-state index is 11.5. The Hall–Kier alpha value is -0.970. The van der Waals surface area contributed by atoms with Gasteiger partial charge in [0.2, 0.25) is 6.10 Å². The van der Waals surface area contributed by atoms with Crippen LogP contribution in [-0.2, 0) is 19.1 Å². The summed E-state index contributed by atoms with van der Waals surface area (Å²) in [6.45, 7) is 7.19. The van der Waals surface area contributed by atoms with Gasteiger partial charge in [-0.1, -0.05) is 19.9 Å². The van der Waals surface area contributed by atoms with Crippen LogP contribution in [-0.4, -0.2) is 24.6 Å². The Labute approximate surface area is 101 Å². The zero-order valence-corrected chi connectivity index (χ0v) is 10.9. The van der Waals surface area contributed by atoms with Gasteiger partial charge in [0.25, 0.3) is 0 Å². The molecular formula is C11H18O4S. The van der Waals surface area contributed by atoms with Gasteiger partial charge in [0.15, 0.2) is 0 Å². The summed E-state index contributed by atoms with van der Waals surface area (Å²) in [6.07, 6.45) is 0.628. The normalized spacial score (nSPS) is 13.5. The third-order valence-electron chi connectivity index (χ3n) is 1.84. The minimum absolute atomic E-state index is 0.138. The Bertz CT molecular complexity index is 284. The van der Waals surface area contributed by atoms with Crippen molar-refractivity contribution in [1.29, 1.82) is 0 Å². The van der Waals surface area contributed by atoms with Crippen LogP contribution < -0.4 is 0 Å². The zero-order chi connectivity index (χ0) is 12.7. The lowest BCUT2D eigenvalue weighted by atomic mass is 10.1. The van der Waals surface area contributed by atoms with Crippen LogP contribution in [0.25, 0.3) is 0 Å². The van der Waals surface area contributed by atoms with E-state index in [0.717, 1.165) is 0 Å². The molecule has 0 aliphatic heterocycles. The lowest BCUT2D eigenvalue weighted by Gasteiger charge is -2.19. The van der Waals surface area contributed by atoms with Crippen LogP contribution in [0.1, 0.15) is 27.7 Å². The van der Waals surface area contributed by atoms with Crippen LogP contribution in [0.4, 0.5) is 0 Å². The molecule has 16 heavy (non-hydrogen) atoms. The van der Waals surface area contributed by atoms with Gasteiger partial charge >= 0.3 is 11.9 Å². The Kier molecular flexibility index (Phi) is 6.88. The molecule has 0 aromatic heterocycles. The summed E-state index contributed by atoms with van der Waals surface area (Å²) in [7, 11) is 0. The summed E-state index contributed by atoms with van der Waals surface area (Å²) in [4.78, 5) is 23.1. The first-order valence-corrected chi connectivity index (χ1v) is 5.61. The van der Waals surface area contributed by atoms with E-state index in [2.05, 4.69) is 12.6 Å². The van der Waals surface area contributed by atoms with Gasteiger partial charge in [-0.15, -0.1) is 12.6 Å². The Morgan fingerprint density at radius 2 is 1.94 bits per heavy atom. The lowest BCUT2D eigenvalue weighted by molar-refractivity contribution is -0.168. The van der Waals surface area contributed by atoms with Crippen LogP contribution in [0.5, 0.6) is 0 Å². The Morgan fingerprint density at radius 1 is 1.38 bits per heavy atom. The fourth-order valence-corrected chi connectivity index (χ4v) is 1.03. The molecule has 0 aliphatic rings. The molecule has 0 heterocycles. The first-order chi connectivity index (χ1) is 7.43. The minimum atomic E-state index is -0.880. The molecule has 4 nitrogen and oxygen atoms in total. The minimum Gasteiger partial charge on any atom is -0.463 e. The summed E-state index contributed by atoms with van der Waals surface area (Å²) in [5.41, 5.74) is 0. The van der Waals surface area contributed by atoms with Crippen molar-refractivity contribution in [1.82, 2.24) is 0 Å². The SMILES string of the molecule is C/C=C(/S)C(=O)OC(C(=O)OCC)C(C)C. The molecule has 1 atom stereocenters. The first-order valence-electron chi connectivity index (χ1n) is 5.16. The topological polar surface area (TPSA) is 52.6 Å². The molecule has 1 unspecified atom stereocenters. The molecule has 0 amide bonds. The van der Waals surface area contributed by atoms with Gasteiger partial charge in [-0.05, 0) is 13.8 Å². The molecule has 0 saturated carbocycles. The van der Waals surface area contributed by atoms with Crippen molar-refractivity contribution in [3.05, 3.63) is 11.0 Å². The number of esters is 2. The highest BCUT2D eigenvalue weighted by atomic mass is 32.1. The molecule has 0 aromatic rings. The first kappa shape index (κ1) is 15.0. The Balaban J connectivity index is 4.58. The third-order valence-corrected chi connectivity index (χ3v) is 2.28. The van der Waals surface area contributed by atoms with Crippen molar-refractivity contribution in [3.63, 3.8) is 0 Å². The van der Waals surface area contributed by atoms with E-state index in [9.17, 15) is 9.59 Å². The molecule has 0 aromatic carbocycles. The maximum atomic E-state index is 11.5. The van der Waals surface area contributed by atoms with Gasteiger partial charge in [-0.2, -0.15) is 0 Å². The second-order valence-electron chi connectivity index (χ2n) is 3.50. The number of carbonyl (C=O) groups excluding carboxylic acids is 2. The summed E-state index contributed by atoms with van der Waals surface area (Å²) in [5.74, 6) is -1.28. The van der Waals surface area contributed by atoms with Gasteiger partial charge in [-0.25, -0.2) is 9.59 Å². The highest BCUT2D eigenvalue weighted by molar-refractivity contribution is 7.85. The van der Waals surface area contributed by atoms with E-state index in [1.54, 1.807) is 27.7 Å². The van der Waals surface area contributed by atoms with Crippen LogP contribution in [0.3, 0.4) is 0 Å². The second kappa shape index (κ2) is 7.33. The van der Waals surface area contributed by atoms with Crippen LogP contribution >= 0.6 is 12.6 Å². The number of hydrogen-bond acceptors (Lipinski definition) is 5. The number of ether oxygens (including phenoxy) is 2. The van der Waals surface area contributed by atoms with Crippen LogP contribution in [0.15, 0.2) is 11.0 Å². The maximum Gasteiger partial charge on any atom is 0.347 e. The highest BCUT2D eigenvalue weighted by Gasteiger charge is 2.28. The van der Waals surface area contributed by atoms with E-state index < -0.39 is 18.0 Å². The van der Waals surface area contributed by atoms with Crippen molar-refractivity contribution in [2.45, 2.75) is 33.8 Å². The lowest BCUT2D eigenvalue weighted by Crippen LogP contribution is -2.33. The van der Waals surface area contributed by atoms with Gasteiger partial charge in [-0.3, -0.25) is 0 Å². The van der Waals surface area contributed by atoms with Crippen molar-refractivity contribution in [2.24, 2.45) is 5.92 Å². The predicted molar refractivity (Wildman–Crippen MR) is 64.1 cm³/mol. The standard InChI is InChI=1S/C11H18O4S/c1-5-8(16)10(12)15-9(7(3)4)11(13)14-6-2/h5,7,9,16H,6H2,1-4H3/b8-5+. The van der Waals surface area contributed by atoms with E-state index in [4.69, 9.17) is 9.47 Å². The largest absolute Gasteiger partial charge is 0.463 e. The molecule has 5 heteroatoms. The molecule has 0 rings (SSSR count). The molecule has 0 radical (unpaired) electrons. The number of rotatable bonds is 5. The fraction of sp³-hybridized carbons (Fsp3) is 0.636. The molecule has 0 fully saturated rings. The van der Waals surface area contributed by atoms with E-state index >= 15 is 0 Å². The van der Waals surface area contributed by atoms with Gasteiger partial charge in [0.05, 0.1) is 11.5 Å². The summed E-state index contributed by atoms with van der Waals surface area (Å²) < 4.78 is 9.84. The number of thiol groups is 1. The van der Waals surface area contributed by atoms with Crippen molar-refractivity contribution in [2.75, 3.05) is 6.61 Å². The summed E-state index contributed by atoms with van der Waals surface area (Å²) in [6, 6.07) is 0. The Morgan fingerprint density at radius 3 is 2.31 bits per heavy atom. The number of hydrogen-bond donors (Lipinski definition) is 1. The van der Waals surface area contributed by atoms with Gasteiger partial charge < -0.3 is 9.47 Å². The van der Waals surface area contributed by atoms with E-state index in [-0.39, 0.29) is 17.4 Å². The molecule has 92 valence electrons. The van der Waals surface area contributed by atoms with Crippen LogP contribution in [0.2, 0.25) is 0 Å². The third kappa shape index (κ3) is 4.70. The van der Waals surface area contributed by atoms with Crippen molar-refractivity contribution < 1.29 is 19.1 Å². The summed E-state index contributed by atoms with van der Waals surface area (Å²) >= 11 is 3.92. The molecule has 0 bridgehead atoms. The number of allylic oxidation sites excluding steroid dienone is 1. The highest BCUT2D eigenvalue weighted by Crippen LogP contribution is 2.13. The van der Waals surface area contributed by atoms with Crippen molar-refractivity contribution >= 4 is 24.6 Å². The van der Waals surface area contributed by atoms with Gasteiger partial charge in [0.1, 0.15) is 0 Å². The monoisotopic (exact) mass is 246 g/mol. The van der Waals surface area contributed by atoms with E-state index in [0.29, 0.717) is 0 Å².